The molecule has 0 unspecified atom stereocenters. The molecule has 4 nitrogen and oxygen atoms in total. The topological polar surface area (TPSA) is 39.8 Å². The molecule has 82 valence electrons. The first-order chi connectivity index (χ1) is 6.57. The monoisotopic (exact) mass is 199 g/mol. The quantitative estimate of drug-likeness (QED) is 0.728. The number of rotatable bonds is 2. The lowest BCUT2D eigenvalue weighted by molar-refractivity contribution is 0.549. The highest BCUT2D eigenvalue weighted by atomic mass is 16.2. The molecule has 14 heavy (non-hydrogen) atoms. The summed E-state index contributed by atoms with van der Waals surface area (Å²) in [4.78, 5) is 11.5. The Morgan fingerprint density at radius 1 is 1.36 bits per heavy atom. The molecule has 1 aromatic rings. The average Bonchev–Trinajstić information content (AvgIpc) is 2.46. The van der Waals surface area contributed by atoms with Crippen LogP contribution in [0.4, 0.5) is 0 Å². The SMILES string of the molecule is CC.CCc1nn(C)c(=O)n1C(C)C. The summed E-state index contributed by atoms with van der Waals surface area (Å²) in [7, 11) is 1.68. The number of hydrogen-bond donors (Lipinski definition) is 0. The van der Waals surface area contributed by atoms with Crippen LogP contribution in [0.2, 0.25) is 0 Å². The molecule has 1 heterocycles. The fourth-order valence-electron chi connectivity index (χ4n) is 1.29. The van der Waals surface area contributed by atoms with Gasteiger partial charge in [-0.05, 0) is 13.8 Å². The highest BCUT2D eigenvalue weighted by molar-refractivity contribution is 4.88. The molecule has 0 radical (unpaired) electrons. The third-order valence-corrected chi connectivity index (χ3v) is 1.86. The normalized spacial score (nSPS) is 9.93. The van der Waals surface area contributed by atoms with E-state index in [9.17, 15) is 4.79 Å². The van der Waals surface area contributed by atoms with Crippen LogP contribution >= 0.6 is 0 Å². The van der Waals surface area contributed by atoms with Crippen LogP contribution in [0.25, 0.3) is 0 Å². The molecule has 0 spiro atoms. The highest BCUT2D eigenvalue weighted by Gasteiger charge is 2.11. The lowest BCUT2D eigenvalue weighted by Gasteiger charge is -2.06. The number of hydrogen-bond acceptors (Lipinski definition) is 2. The Labute approximate surface area is 85.6 Å². The Kier molecular flexibility index (Phi) is 5.20. The van der Waals surface area contributed by atoms with E-state index >= 15 is 0 Å². The lowest BCUT2D eigenvalue weighted by atomic mass is 10.3. The fraction of sp³-hybridized carbons (Fsp3) is 0.800. The van der Waals surface area contributed by atoms with Crippen LogP contribution in [0.5, 0.6) is 0 Å². The van der Waals surface area contributed by atoms with Crippen LogP contribution in [-0.4, -0.2) is 14.3 Å². The van der Waals surface area contributed by atoms with Gasteiger partial charge in [0.2, 0.25) is 0 Å². The standard InChI is InChI=1S/C8H15N3O.C2H6/c1-5-7-9-10(4)8(12)11(7)6(2)3;1-2/h6H,5H2,1-4H3;1-2H3. The lowest BCUT2D eigenvalue weighted by Crippen LogP contribution is -2.24. The van der Waals surface area contributed by atoms with Gasteiger partial charge in [-0.25, -0.2) is 9.48 Å². The van der Waals surface area contributed by atoms with Gasteiger partial charge in [0.1, 0.15) is 5.82 Å². The summed E-state index contributed by atoms with van der Waals surface area (Å²) in [6.07, 6.45) is 0.800. The van der Waals surface area contributed by atoms with E-state index in [4.69, 9.17) is 0 Å². The van der Waals surface area contributed by atoms with Crippen molar-refractivity contribution < 1.29 is 0 Å². The van der Waals surface area contributed by atoms with Gasteiger partial charge in [-0.2, -0.15) is 5.10 Å². The minimum atomic E-state index is -0.0261. The Bertz CT molecular complexity index is 323. The van der Waals surface area contributed by atoms with Crippen molar-refractivity contribution in [2.45, 2.75) is 47.1 Å². The first kappa shape index (κ1) is 12.9. The maximum atomic E-state index is 11.5. The summed E-state index contributed by atoms with van der Waals surface area (Å²) >= 11 is 0. The second kappa shape index (κ2) is 5.62. The fourth-order valence-corrected chi connectivity index (χ4v) is 1.29. The van der Waals surface area contributed by atoms with Crippen LogP contribution in [0.1, 0.15) is 46.5 Å². The first-order valence-corrected chi connectivity index (χ1v) is 5.22. The zero-order valence-corrected chi connectivity index (χ0v) is 10.0. The molecule has 0 bridgehead atoms. The van der Waals surface area contributed by atoms with Crippen LogP contribution in [0, 0.1) is 0 Å². The van der Waals surface area contributed by atoms with E-state index in [0.717, 1.165) is 12.2 Å². The second-order valence-electron chi connectivity index (χ2n) is 3.14. The van der Waals surface area contributed by atoms with E-state index < -0.39 is 0 Å². The van der Waals surface area contributed by atoms with Crippen molar-refractivity contribution in [1.29, 1.82) is 0 Å². The van der Waals surface area contributed by atoms with Gasteiger partial charge in [0.25, 0.3) is 0 Å². The van der Waals surface area contributed by atoms with Gasteiger partial charge in [0.05, 0.1) is 0 Å². The summed E-state index contributed by atoms with van der Waals surface area (Å²) < 4.78 is 3.11. The summed E-state index contributed by atoms with van der Waals surface area (Å²) in [5.41, 5.74) is -0.0261. The van der Waals surface area contributed by atoms with Crippen LogP contribution < -0.4 is 5.69 Å². The Morgan fingerprint density at radius 2 is 1.86 bits per heavy atom. The van der Waals surface area contributed by atoms with Gasteiger partial charge >= 0.3 is 5.69 Å². The Morgan fingerprint density at radius 3 is 2.14 bits per heavy atom. The highest BCUT2D eigenvalue weighted by Crippen LogP contribution is 2.03. The molecular formula is C10H21N3O. The van der Waals surface area contributed by atoms with E-state index in [1.165, 1.54) is 4.68 Å². The summed E-state index contributed by atoms with van der Waals surface area (Å²) in [6.45, 7) is 9.98. The Hall–Kier alpha value is -1.06. The largest absolute Gasteiger partial charge is 0.345 e. The van der Waals surface area contributed by atoms with Gasteiger partial charge in [-0.1, -0.05) is 20.8 Å². The van der Waals surface area contributed by atoms with Gasteiger partial charge in [0, 0.05) is 19.5 Å². The van der Waals surface area contributed by atoms with Crippen LogP contribution in [-0.2, 0) is 13.5 Å². The number of nitrogens with zero attached hydrogens (tertiary/aromatic N) is 3. The van der Waals surface area contributed by atoms with E-state index in [1.54, 1.807) is 11.6 Å². The van der Waals surface area contributed by atoms with E-state index in [0.29, 0.717) is 0 Å². The molecule has 0 aromatic carbocycles. The molecule has 1 rings (SSSR count). The van der Waals surface area contributed by atoms with Crippen molar-refractivity contribution >= 4 is 0 Å². The average molecular weight is 199 g/mol. The molecule has 0 fully saturated rings. The molecule has 0 N–H and O–H groups in total. The molecule has 0 atom stereocenters. The molecule has 0 saturated carbocycles. The van der Waals surface area contributed by atoms with Gasteiger partial charge in [-0.3, -0.25) is 4.57 Å². The molecule has 0 amide bonds. The molecular weight excluding hydrogens is 178 g/mol. The van der Waals surface area contributed by atoms with Crippen molar-refractivity contribution in [3.05, 3.63) is 16.3 Å². The number of aromatic nitrogens is 3. The third kappa shape index (κ3) is 2.47. The predicted molar refractivity (Wildman–Crippen MR) is 58.6 cm³/mol. The van der Waals surface area contributed by atoms with E-state index in [-0.39, 0.29) is 11.7 Å². The number of aryl methyl sites for hydroxylation is 2. The van der Waals surface area contributed by atoms with Gasteiger partial charge < -0.3 is 0 Å². The van der Waals surface area contributed by atoms with Crippen molar-refractivity contribution in [2.75, 3.05) is 0 Å². The maximum absolute atomic E-state index is 11.5. The first-order valence-electron chi connectivity index (χ1n) is 5.22. The van der Waals surface area contributed by atoms with E-state index in [1.807, 2.05) is 34.6 Å². The molecule has 0 aliphatic heterocycles. The van der Waals surface area contributed by atoms with Crippen molar-refractivity contribution in [3.63, 3.8) is 0 Å². The molecule has 0 aliphatic carbocycles. The Balaban J connectivity index is 0.000000791. The minimum Gasteiger partial charge on any atom is -0.276 e. The minimum absolute atomic E-state index is 0.0261. The third-order valence-electron chi connectivity index (χ3n) is 1.86. The van der Waals surface area contributed by atoms with Crippen LogP contribution in [0.3, 0.4) is 0 Å². The van der Waals surface area contributed by atoms with Crippen molar-refractivity contribution in [1.82, 2.24) is 14.3 Å². The maximum Gasteiger partial charge on any atom is 0.345 e. The summed E-state index contributed by atoms with van der Waals surface area (Å²) in [6, 6.07) is 0.196. The second-order valence-corrected chi connectivity index (χ2v) is 3.14. The molecule has 0 aliphatic rings. The zero-order chi connectivity index (χ0) is 11.3. The van der Waals surface area contributed by atoms with Crippen molar-refractivity contribution in [3.8, 4) is 0 Å². The van der Waals surface area contributed by atoms with Gasteiger partial charge in [0.15, 0.2) is 0 Å². The molecule has 0 saturated heterocycles. The molecule has 1 aromatic heterocycles. The molecule has 4 heteroatoms. The van der Waals surface area contributed by atoms with Crippen LogP contribution in [0.15, 0.2) is 4.79 Å². The predicted octanol–water partition coefficient (Wildman–Crippen LogP) is 1.75. The zero-order valence-electron chi connectivity index (χ0n) is 10.0. The smallest absolute Gasteiger partial charge is 0.276 e. The van der Waals surface area contributed by atoms with Gasteiger partial charge in [-0.15, -0.1) is 0 Å². The summed E-state index contributed by atoms with van der Waals surface area (Å²) in [5.74, 6) is 0.859. The van der Waals surface area contributed by atoms with Crippen molar-refractivity contribution in [2.24, 2.45) is 7.05 Å². The summed E-state index contributed by atoms with van der Waals surface area (Å²) in [5, 5.41) is 4.12. The van der Waals surface area contributed by atoms with E-state index in [2.05, 4.69) is 5.10 Å².